The monoisotopic (exact) mass is 355 g/mol. The number of benzene rings is 1. The summed E-state index contributed by atoms with van der Waals surface area (Å²) in [7, 11) is 1.76. The smallest absolute Gasteiger partial charge is 0.410 e. The van der Waals surface area contributed by atoms with Gasteiger partial charge in [0.25, 0.3) is 0 Å². The molecule has 2 heterocycles. The molecule has 1 aromatic carbocycles. The van der Waals surface area contributed by atoms with Crippen molar-refractivity contribution in [2.75, 3.05) is 30.8 Å². The van der Waals surface area contributed by atoms with Crippen molar-refractivity contribution in [1.29, 1.82) is 0 Å². The van der Waals surface area contributed by atoms with E-state index in [0.29, 0.717) is 13.1 Å². The molecule has 1 amide bonds. The Bertz CT molecular complexity index is 782. The van der Waals surface area contributed by atoms with Gasteiger partial charge in [-0.25, -0.2) is 9.78 Å². The Balaban J connectivity index is 1.68. The number of likely N-dealkylation sites (N-methyl/N-ethyl adjacent to an activating group) is 1. The molecule has 0 atom stereocenters. The van der Waals surface area contributed by atoms with Gasteiger partial charge in [0.2, 0.25) is 5.95 Å². The molecule has 0 radical (unpaired) electrons. The number of nitrogens with zero attached hydrogens (tertiary/aromatic N) is 4. The highest BCUT2D eigenvalue weighted by Gasteiger charge is 2.35. The van der Waals surface area contributed by atoms with Crippen LogP contribution < -0.4 is 10.6 Å². The van der Waals surface area contributed by atoms with Crippen molar-refractivity contribution in [2.24, 2.45) is 0 Å². The van der Waals surface area contributed by atoms with Crippen molar-refractivity contribution in [2.45, 2.75) is 32.4 Å². The van der Waals surface area contributed by atoms with Crippen LogP contribution in [0.1, 0.15) is 20.8 Å². The number of nitrogen functional groups attached to an aromatic ring is 1. The van der Waals surface area contributed by atoms with E-state index in [1.54, 1.807) is 11.9 Å². The van der Waals surface area contributed by atoms with Crippen LogP contribution in [0.25, 0.3) is 11.3 Å². The number of aromatic nitrogens is 2. The first-order chi connectivity index (χ1) is 12.2. The van der Waals surface area contributed by atoms with Crippen LogP contribution in [0.5, 0.6) is 0 Å². The molecule has 1 aliphatic rings. The summed E-state index contributed by atoms with van der Waals surface area (Å²) in [5.74, 6) is 1.01. The first-order valence-corrected chi connectivity index (χ1v) is 8.64. The first kappa shape index (κ1) is 18.0. The van der Waals surface area contributed by atoms with Gasteiger partial charge in [0.05, 0.1) is 11.7 Å². The van der Waals surface area contributed by atoms with Gasteiger partial charge in [-0.1, -0.05) is 30.3 Å². The summed E-state index contributed by atoms with van der Waals surface area (Å²) in [5, 5.41) is 0. The van der Waals surface area contributed by atoms with Crippen LogP contribution in [0.3, 0.4) is 0 Å². The Morgan fingerprint density at radius 2 is 1.88 bits per heavy atom. The topological polar surface area (TPSA) is 84.6 Å². The highest BCUT2D eigenvalue weighted by atomic mass is 16.6. The molecule has 0 bridgehead atoms. The number of nitrogens with two attached hydrogens (primary N) is 1. The molecule has 2 N–H and O–H groups in total. The second-order valence-corrected chi connectivity index (χ2v) is 7.49. The van der Waals surface area contributed by atoms with Gasteiger partial charge in [-0.05, 0) is 20.8 Å². The fourth-order valence-electron chi connectivity index (χ4n) is 2.74. The number of hydrogen-bond acceptors (Lipinski definition) is 6. The Kier molecular flexibility index (Phi) is 4.71. The number of rotatable bonds is 3. The third-order valence-electron chi connectivity index (χ3n) is 4.21. The van der Waals surface area contributed by atoms with E-state index < -0.39 is 5.60 Å². The van der Waals surface area contributed by atoms with Crippen LogP contribution in [0.4, 0.5) is 16.6 Å². The Hall–Kier alpha value is -2.83. The van der Waals surface area contributed by atoms with E-state index in [4.69, 9.17) is 10.5 Å². The molecule has 1 saturated heterocycles. The van der Waals surface area contributed by atoms with E-state index >= 15 is 0 Å². The maximum Gasteiger partial charge on any atom is 0.410 e. The standard InChI is InChI=1S/C19H25N5O2/c1-19(2,3)26-18(25)23(4)14-11-24(12-14)16-10-15(21-17(20)22-16)13-8-6-5-7-9-13/h5-10,14H,11-12H2,1-4H3,(H2,20,21,22). The lowest BCUT2D eigenvalue weighted by Crippen LogP contribution is -2.60. The molecule has 7 nitrogen and oxygen atoms in total. The van der Waals surface area contributed by atoms with Crippen LogP contribution in [0.15, 0.2) is 36.4 Å². The highest BCUT2D eigenvalue weighted by Crippen LogP contribution is 2.27. The first-order valence-electron chi connectivity index (χ1n) is 8.64. The maximum atomic E-state index is 12.2. The van der Waals surface area contributed by atoms with Gasteiger partial charge in [-0.15, -0.1) is 0 Å². The molecule has 138 valence electrons. The van der Waals surface area contributed by atoms with E-state index in [9.17, 15) is 4.79 Å². The molecular formula is C19H25N5O2. The molecule has 26 heavy (non-hydrogen) atoms. The van der Waals surface area contributed by atoms with Gasteiger partial charge in [-0.3, -0.25) is 0 Å². The number of ether oxygens (including phenoxy) is 1. The largest absolute Gasteiger partial charge is 0.444 e. The SMILES string of the molecule is CN(C(=O)OC(C)(C)C)C1CN(c2cc(-c3ccccc3)nc(N)n2)C1. The minimum atomic E-state index is -0.500. The van der Waals surface area contributed by atoms with Crippen LogP contribution in [-0.4, -0.2) is 52.7 Å². The molecule has 1 aromatic heterocycles. The third-order valence-corrected chi connectivity index (χ3v) is 4.21. The van der Waals surface area contributed by atoms with E-state index in [1.807, 2.05) is 57.2 Å². The van der Waals surface area contributed by atoms with Crippen LogP contribution >= 0.6 is 0 Å². The van der Waals surface area contributed by atoms with Gasteiger partial charge in [-0.2, -0.15) is 4.98 Å². The zero-order chi connectivity index (χ0) is 18.9. The minimum Gasteiger partial charge on any atom is -0.444 e. The second-order valence-electron chi connectivity index (χ2n) is 7.49. The van der Waals surface area contributed by atoms with Gasteiger partial charge in [0, 0.05) is 31.8 Å². The van der Waals surface area contributed by atoms with Gasteiger partial charge < -0.3 is 20.3 Å². The molecule has 1 fully saturated rings. The van der Waals surface area contributed by atoms with Crippen molar-refractivity contribution in [3.8, 4) is 11.3 Å². The average Bonchev–Trinajstić information content (AvgIpc) is 2.52. The van der Waals surface area contributed by atoms with E-state index in [2.05, 4.69) is 14.9 Å². The molecule has 1 aliphatic heterocycles. The van der Waals surface area contributed by atoms with Crippen molar-refractivity contribution in [1.82, 2.24) is 14.9 Å². The highest BCUT2D eigenvalue weighted by molar-refractivity contribution is 5.69. The number of amides is 1. The van der Waals surface area contributed by atoms with Crippen LogP contribution in [0.2, 0.25) is 0 Å². The Morgan fingerprint density at radius 3 is 2.50 bits per heavy atom. The quantitative estimate of drug-likeness (QED) is 0.911. The lowest BCUT2D eigenvalue weighted by Gasteiger charge is -2.44. The number of hydrogen-bond donors (Lipinski definition) is 1. The van der Waals surface area contributed by atoms with Crippen molar-refractivity contribution in [3.63, 3.8) is 0 Å². The maximum absolute atomic E-state index is 12.2. The summed E-state index contributed by atoms with van der Waals surface area (Å²) in [5.41, 5.74) is 7.17. The molecule has 0 saturated carbocycles. The summed E-state index contributed by atoms with van der Waals surface area (Å²) in [4.78, 5) is 24.6. The van der Waals surface area contributed by atoms with Crippen LogP contribution in [-0.2, 0) is 4.74 Å². The zero-order valence-electron chi connectivity index (χ0n) is 15.6. The fraction of sp³-hybridized carbons (Fsp3) is 0.421. The zero-order valence-corrected chi connectivity index (χ0v) is 15.6. The predicted molar refractivity (Wildman–Crippen MR) is 102 cm³/mol. The van der Waals surface area contributed by atoms with E-state index in [0.717, 1.165) is 17.1 Å². The molecule has 7 heteroatoms. The second kappa shape index (κ2) is 6.82. The Labute approximate surface area is 153 Å². The van der Waals surface area contributed by atoms with Crippen molar-refractivity contribution >= 4 is 17.9 Å². The average molecular weight is 355 g/mol. The van der Waals surface area contributed by atoms with Crippen molar-refractivity contribution in [3.05, 3.63) is 36.4 Å². The summed E-state index contributed by atoms with van der Waals surface area (Å²) in [6.45, 7) is 6.95. The number of carbonyl (C=O) groups is 1. The molecule has 0 spiro atoms. The number of carbonyl (C=O) groups excluding carboxylic acids is 1. The Morgan fingerprint density at radius 1 is 1.23 bits per heavy atom. The summed E-state index contributed by atoms with van der Waals surface area (Å²) in [6.07, 6.45) is -0.311. The van der Waals surface area contributed by atoms with Gasteiger partial charge in [0.15, 0.2) is 0 Å². The van der Waals surface area contributed by atoms with E-state index in [-0.39, 0.29) is 18.1 Å². The molecule has 0 unspecified atom stereocenters. The third kappa shape index (κ3) is 4.04. The number of anilines is 2. The lowest BCUT2D eigenvalue weighted by molar-refractivity contribution is 0.0196. The normalized spacial score (nSPS) is 14.7. The van der Waals surface area contributed by atoms with Gasteiger partial charge in [0.1, 0.15) is 11.4 Å². The minimum absolute atomic E-state index is 0.0845. The molecular weight excluding hydrogens is 330 g/mol. The molecule has 0 aliphatic carbocycles. The van der Waals surface area contributed by atoms with Crippen LogP contribution in [0, 0.1) is 0 Å². The van der Waals surface area contributed by atoms with Gasteiger partial charge >= 0.3 is 6.09 Å². The predicted octanol–water partition coefficient (Wildman–Crippen LogP) is 2.78. The summed E-state index contributed by atoms with van der Waals surface area (Å²) in [6, 6.07) is 11.9. The fourth-order valence-corrected chi connectivity index (χ4v) is 2.74. The summed E-state index contributed by atoms with van der Waals surface area (Å²) < 4.78 is 5.42. The lowest BCUT2D eigenvalue weighted by atomic mass is 10.1. The molecule has 2 aromatic rings. The van der Waals surface area contributed by atoms with E-state index in [1.165, 1.54) is 0 Å². The summed E-state index contributed by atoms with van der Waals surface area (Å²) >= 11 is 0. The van der Waals surface area contributed by atoms with Crippen molar-refractivity contribution < 1.29 is 9.53 Å². The molecule has 3 rings (SSSR count).